The summed E-state index contributed by atoms with van der Waals surface area (Å²) >= 11 is 7.36. The van der Waals surface area contributed by atoms with Crippen LogP contribution < -0.4 is 4.74 Å². The summed E-state index contributed by atoms with van der Waals surface area (Å²) in [6.07, 6.45) is 0.597. The Morgan fingerprint density at radius 2 is 1.67 bits per heavy atom. The lowest BCUT2D eigenvalue weighted by Gasteiger charge is -2.15. The van der Waals surface area contributed by atoms with E-state index >= 15 is 0 Å². The Morgan fingerprint density at radius 3 is 2.26 bits per heavy atom. The van der Waals surface area contributed by atoms with Gasteiger partial charge in [0.05, 0.1) is 17.6 Å². The smallest absolute Gasteiger partial charge is 0.267 e. The lowest BCUT2D eigenvalue weighted by Crippen LogP contribution is -2.33. The van der Waals surface area contributed by atoms with Crippen LogP contribution in [0.3, 0.4) is 0 Å². The van der Waals surface area contributed by atoms with Gasteiger partial charge >= 0.3 is 0 Å². The maximum absolute atomic E-state index is 13.0. The highest BCUT2D eigenvalue weighted by Crippen LogP contribution is 2.36. The van der Waals surface area contributed by atoms with Crippen molar-refractivity contribution in [3.63, 3.8) is 0 Å². The molecule has 2 amide bonds. The largest absolute Gasteiger partial charge is 0.497 e. The highest BCUT2D eigenvalue weighted by Gasteiger charge is 2.38. The second-order valence-electron chi connectivity index (χ2n) is 6.00. The molecule has 140 valence electrons. The molecule has 0 atom stereocenters. The molecule has 0 bridgehead atoms. The summed E-state index contributed by atoms with van der Waals surface area (Å²) < 4.78 is 5.16. The highest BCUT2D eigenvalue weighted by atomic mass is 35.5. The molecular formula is C21H20ClNO3S. The van der Waals surface area contributed by atoms with Crippen molar-refractivity contribution in [2.45, 2.75) is 13.3 Å². The minimum atomic E-state index is -0.244. The van der Waals surface area contributed by atoms with Crippen LogP contribution in [0.25, 0.3) is 5.57 Å². The molecule has 0 N–H and O–H groups in total. The third-order valence-electron chi connectivity index (χ3n) is 4.33. The number of imide groups is 1. The molecule has 27 heavy (non-hydrogen) atoms. The number of amides is 2. The fourth-order valence-electron chi connectivity index (χ4n) is 2.94. The van der Waals surface area contributed by atoms with Gasteiger partial charge in [0.1, 0.15) is 5.75 Å². The van der Waals surface area contributed by atoms with Gasteiger partial charge in [-0.1, -0.05) is 42.8 Å². The first-order valence-electron chi connectivity index (χ1n) is 8.67. The molecule has 2 aromatic rings. The second-order valence-corrected chi connectivity index (χ2v) is 7.71. The maximum atomic E-state index is 13.0. The summed E-state index contributed by atoms with van der Waals surface area (Å²) in [6, 6.07) is 14.7. The molecule has 0 unspecified atom stereocenters. The zero-order chi connectivity index (χ0) is 19.4. The van der Waals surface area contributed by atoms with Gasteiger partial charge in [0.2, 0.25) is 0 Å². The Bertz CT molecular complexity index is 875. The quantitative estimate of drug-likeness (QED) is 0.644. The van der Waals surface area contributed by atoms with E-state index in [1.807, 2.05) is 31.2 Å². The predicted octanol–water partition coefficient (Wildman–Crippen LogP) is 4.42. The van der Waals surface area contributed by atoms with Gasteiger partial charge in [0, 0.05) is 11.6 Å². The van der Waals surface area contributed by atoms with E-state index in [0.29, 0.717) is 28.5 Å². The minimum Gasteiger partial charge on any atom is -0.497 e. The number of ether oxygens (including phenoxy) is 1. The minimum absolute atomic E-state index is 0.217. The molecule has 1 aliphatic rings. The van der Waals surface area contributed by atoms with Crippen molar-refractivity contribution in [3.8, 4) is 5.75 Å². The van der Waals surface area contributed by atoms with Crippen molar-refractivity contribution >= 4 is 40.8 Å². The number of carbonyl (C=O) groups excluding carboxylic acids is 2. The van der Waals surface area contributed by atoms with E-state index < -0.39 is 0 Å². The molecule has 4 nitrogen and oxygen atoms in total. The Morgan fingerprint density at radius 1 is 1.00 bits per heavy atom. The molecule has 1 aliphatic heterocycles. The van der Waals surface area contributed by atoms with E-state index in [9.17, 15) is 9.59 Å². The Kier molecular flexibility index (Phi) is 6.24. The zero-order valence-corrected chi connectivity index (χ0v) is 16.8. The SMILES string of the molecule is CCSC1=C(c2ccc(Cl)cc2)C(=O)N(CCc2ccc(OC)cc2)C1=O. The maximum Gasteiger partial charge on any atom is 0.267 e. The molecular weight excluding hydrogens is 382 g/mol. The van der Waals surface area contributed by atoms with E-state index in [4.69, 9.17) is 16.3 Å². The van der Waals surface area contributed by atoms with Gasteiger partial charge in [-0.2, -0.15) is 0 Å². The van der Waals surface area contributed by atoms with Gasteiger partial charge in [0.15, 0.2) is 0 Å². The number of benzene rings is 2. The van der Waals surface area contributed by atoms with Gasteiger partial charge in [-0.05, 0) is 47.6 Å². The normalized spacial score (nSPS) is 14.3. The van der Waals surface area contributed by atoms with E-state index in [2.05, 4.69) is 0 Å². The van der Waals surface area contributed by atoms with Gasteiger partial charge in [0.25, 0.3) is 11.8 Å². The average Bonchev–Trinajstić information content (AvgIpc) is 2.91. The molecule has 2 aromatic carbocycles. The van der Waals surface area contributed by atoms with Gasteiger partial charge < -0.3 is 4.74 Å². The number of hydrogen-bond acceptors (Lipinski definition) is 4. The van der Waals surface area contributed by atoms with Crippen LogP contribution in [0, 0.1) is 0 Å². The summed E-state index contributed by atoms with van der Waals surface area (Å²) in [5.74, 6) is 1.04. The van der Waals surface area contributed by atoms with Crippen molar-refractivity contribution in [3.05, 3.63) is 69.6 Å². The number of carbonyl (C=O) groups is 2. The summed E-state index contributed by atoms with van der Waals surface area (Å²) in [4.78, 5) is 27.7. The lowest BCUT2D eigenvalue weighted by atomic mass is 10.1. The van der Waals surface area contributed by atoms with Crippen molar-refractivity contribution in [1.29, 1.82) is 0 Å². The third-order valence-corrected chi connectivity index (χ3v) is 5.54. The molecule has 0 aliphatic carbocycles. The number of nitrogens with zero attached hydrogens (tertiary/aromatic N) is 1. The molecule has 0 saturated heterocycles. The monoisotopic (exact) mass is 401 g/mol. The fourth-order valence-corrected chi connectivity index (χ4v) is 3.94. The molecule has 0 spiro atoms. The Balaban J connectivity index is 1.81. The topological polar surface area (TPSA) is 46.6 Å². The van der Waals surface area contributed by atoms with E-state index in [-0.39, 0.29) is 11.8 Å². The number of thioether (sulfide) groups is 1. The molecule has 0 saturated carbocycles. The van der Waals surface area contributed by atoms with Crippen LogP contribution in [0.2, 0.25) is 5.02 Å². The first-order chi connectivity index (χ1) is 13.0. The molecule has 6 heteroatoms. The Hall–Kier alpha value is -2.24. The van der Waals surface area contributed by atoms with Gasteiger partial charge in [-0.15, -0.1) is 11.8 Å². The second kappa shape index (κ2) is 8.63. The van der Waals surface area contributed by atoms with Crippen molar-refractivity contribution in [2.75, 3.05) is 19.4 Å². The predicted molar refractivity (Wildman–Crippen MR) is 110 cm³/mol. The summed E-state index contributed by atoms with van der Waals surface area (Å²) in [5.41, 5.74) is 2.24. The number of halogens is 1. The number of methoxy groups -OCH3 is 1. The van der Waals surface area contributed by atoms with E-state index in [0.717, 1.165) is 22.6 Å². The highest BCUT2D eigenvalue weighted by molar-refractivity contribution is 8.04. The van der Waals surface area contributed by atoms with Gasteiger partial charge in [-0.3, -0.25) is 14.5 Å². The van der Waals surface area contributed by atoms with Gasteiger partial charge in [-0.25, -0.2) is 0 Å². The van der Waals surface area contributed by atoms with Crippen LogP contribution >= 0.6 is 23.4 Å². The molecule has 1 heterocycles. The summed E-state index contributed by atoms with van der Waals surface area (Å²) in [5, 5.41) is 0.595. The standard InChI is InChI=1S/C21H20ClNO3S/c1-3-27-19-18(15-6-8-16(22)9-7-15)20(24)23(21(19)25)13-12-14-4-10-17(26-2)11-5-14/h4-11H,3,12-13H2,1-2H3. The first-order valence-corrected chi connectivity index (χ1v) is 10.0. The number of hydrogen-bond donors (Lipinski definition) is 0. The van der Waals surface area contributed by atoms with E-state index in [1.165, 1.54) is 16.7 Å². The van der Waals surface area contributed by atoms with E-state index in [1.54, 1.807) is 31.4 Å². The first kappa shape index (κ1) is 19.5. The van der Waals surface area contributed by atoms with Crippen LogP contribution in [0.15, 0.2) is 53.4 Å². The van der Waals surface area contributed by atoms with Crippen LogP contribution in [0.5, 0.6) is 5.75 Å². The van der Waals surface area contributed by atoms with Crippen LogP contribution in [-0.4, -0.2) is 36.1 Å². The molecule has 0 aromatic heterocycles. The zero-order valence-electron chi connectivity index (χ0n) is 15.2. The average molecular weight is 402 g/mol. The fraction of sp³-hybridized carbons (Fsp3) is 0.238. The lowest BCUT2D eigenvalue weighted by molar-refractivity contribution is -0.136. The third kappa shape index (κ3) is 4.20. The molecule has 0 radical (unpaired) electrons. The van der Waals surface area contributed by atoms with Crippen LogP contribution in [0.1, 0.15) is 18.1 Å². The van der Waals surface area contributed by atoms with Crippen LogP contribution in [0.4, 0.5) is 0 Å². The van der Waals surface area contributed by atoms with Crippen LogP contribution in [-0.2, 0) is 16.0 Å². The number of rotatable bonds is 7. The summed E-state index contributed by atoms with van der Waals surface area (Å²) in [7, 11) is 1.62. The van der Waals surface area contributed by atoms with Crippen molar-refractivity contribution in [1.82, 2.24) is 4.90 Å². The Labute approximate surface area is 168 Å². The van der Waals surface area contributed by atoms with Crippen molar-refractivity contribution < 1.29 is 14.3 Å². The molecule has 0 fully saturated rings. The summed E-state index contributed by atoms with van der Waals surface area (Å²) in [6.45, 7) is 2.31. The molecule has 3 rings (SSSR count). The van der Waals surface area contributed by atoms with Crippen molar-refractivity contribution in [2.24, 2.45) is 0 Å².